The van der Waals surface area contributed by atoms with Crippen molar-refractivity contribution in [1.29, 1.82) is 0 Å². The summed E-state index contributed by atoms with van der Waals surface area (Å²) < 4.78 is 5.51. The fourth-order valence-corrected chi connectivity index (χ4v) is 3.14. The summed E-state index contributed by atoms with van der Waals surface area (Å²) in [4.78, 5) is 5.22. The molecule has 0 bridgehead atoms. The van der Waals surface area contributed by atoms with E-state index in [9.17, 15) is 0 Å². The first-order valence-electron chi connectivity index (χ1n) is 7.41. The molecule has 1 fully saturated rings. The molecule has 1 unspecified atom stereocenters. The van der Waals surface area contributed by atoms with Crippen LogP contribution in [0.5, 0.6) is 0 Å². The molecular formula is C15H21N3OS. The lowest BCUT2D eigenvalue weighted by molar-refractivity contribution is 0.0875. The van der Waals surface area contributed by atoms with E-state index in [1.54, 1.807) is 0 Å². The van der Waals surface area contributed by atoms with Crippen LogP contribution in [0.15, 0.2) is 6.07 Å². The average Bonchev–Trinajstić information content (AvgIpc) is 2.47. The van der Waals surface area contributed by atoms with Crippen LogP contribution in [0.2, 0.25) is 0 Å². The third kappa shape index (κ3) is 2.94. The molecule has 1 aromatic heterocycles. The van der Waals surface area contributed by atoms with Gasteiger partial charge in [-0.05, 0) is 50.2 Å². The van der Waals surface area contributed by atoms with Gasteiger partial charge < -0.3 is 15.8 Å². The minimum atomic E-state index is 0.311. The van der Waals surface area contributed by atoms with E-state index in [1.165, 1.54) is 24.1 Å². The summed E-state index contributed by atoms with van der Waals surface area (Å²) in [5.74, 6) is 0.841. The Labute approximate surface area is 125 Å². The quantitative estimate of drug-likeness (QED) is 0.836. The lowest BCUT2D eigenvalue weighted by Crippen LogP contribution is -2.32. The lowest BCUT2D eigenvalue weighted by atomic mass is 9.94. The van der Waals surface area contributed by atoms with E-state index in [0.29, 0.717) is 11.0 Å². The highest BCUT2D eigenvalue weighted by Crippen LogP contribution is 2.26. The van der Waals surface area contributed by atoms with Crippen LogP contribution in [0.3, 0.4) is 0 Å². The van der Waals surface area contributed by atoms with Gasteiger partial charge >= 0.3 is 0 Å². The smallest absolute Gasteiger partial charge is 0.136 e. The number of nitrogens with zero attached hydrogens (tertiary/aromatic N) is 1. The van der Waals surface area contributed by atoms with Crippen molar-refractivity contribution in [3.05, 3.63) is 22.9 Å². The van der Waals surface area contributed by atoms with Gasteiger partial charge in [-0.2, -0.15) is 0 Å². The number of pyridine rings is 1. The molecule has 1 aliphatic carbocycles. The summed E-state index contributed by atoms with van der Waals surface area (Å²) in [6.07, 6.45) is 6.79. The van der Waals surface area contributed by atoms with Crippen molar-refractivity contribution in [3.8, 4) is 0 Å². The summed E-state index contributed by atoms with van der Waals surface area (Å²) in [6, 6.07) is 2.45. The molecule has 5 heteroatoms. The zero-order chi connectivity index (χ0) is 13.9. The molecule has 0 saturated carbocycles. The van der Waals surface area contributed by atoms with Gasteiger partial charge in [-0.25, -0.2) is 4.98 Å². The first-order chi connectivity index (χ1) is 9.74. The van der Waals surface area contributed by atoms with E-state index in [1.807, 2.05) is 0 Å². The minimum absolute atomic E-state index is 0.311. The molecule has 0 spiro atoms. The van der Waals surface area contributed by atoms with Crippen molar-refractivity contribution in [2.24, 2.45) is 5.73 Å². The maximum absolute atomic E-state index is 5.87. The largest absolute Gasteiger partial charge is 0.389 e. The Balaban J connectivity index is 1.88. The number of fused-ring (bicyclic) bond motifs is 1. The molecule has 1 aliphatic heterocycles. The molecule has 20 heavy (non-hydrogen) atoms. The van der Waals surface area contributed by atoms with Gasteiger partial charge in [0.25, 0.3) is 0 Å². The second-order valence-electron chi connectivity index (χ2n) is 5.62. The molecule has 0 radical (unpaired) electrons. The predicted octanol–water partition coefficient (Wildman–Crippen LogP) is 2.19. The second-order valence-corrected chi connectivity index (χ2v) is 6.06. The van der Waals surface area contributed by atoms with Gasteiger partial charge in [0, 0.05) is 12.3 Å². The van der Waals surface area contributed by atoms with Crippen LogP contribution >= 0.6 is 12.2 Å². The van der Waals surface area contributed by atoms with Crippen LogP contribution in [0.25, 0.3) is 0 Å². The molecule has 0 amide bonds. The third-order valence-corrected chi connectivity index (χ3v) is 4.29. The van der Waals surface area contributed by atoms with Crippen molar-refractivity contribution in [2.75, 3.05) is 18.5 Å². The SMILES string of the molecule is NC(=S)c1cc2c(nc1NC1CCCOC1)CCCC2. The summed E-state index contributed by atoms with van der Waals surface area (Å²) >= 11 is 5.19. The summed E-state index contributed by atoms with van der Waals surface area (Å²) in [6.45, 7) is 1.59. The van der Waals surface area contributed by atoms with Crippen LogP contribution in [0.1, 0.15) is 42.5 Å². The van der Waals surface area contributed by atoms with Crippen LogP contribution in [0, 0.1) is 0 Å². The molecule has 0 aromatic carbocycles. The Kier molecular flexibility index (Phi) is 4.17. The lowest BCUT2D eigenvalue weighted by Gasteiger charge is -2.26. The summed E-state index contributed by atoms with van der Waals surface area (Å²) in [5.41, 5.74) is 9.27. The number of hydrogen-bond acceptors (Lipinski definition) is 4. The molecule has 4 nitrogen and oxygen atoms in total. The number of rotatable bonds is 3. The third-order valence-electron chi connectivity index (χ3n) is 4.07. The number of thiocarbonyl (C=S) groups is 1. The van der Waals surface area contributed by atoms with E-state index < -0.39 is 0 Å². The van der Waals surface area contributed by atoms with Crippen molar-refractivity contribution in [1.82, 2.24) is 4.98 Å². The summed E-state index contributed by atoms with van der Waals surface area (Å²) in [5, 5.41) is 3.48. The predicted molar refractivity (Wildman–Crippen MR) is 84.2 cm³/mol. The number of aryl methyl sites for hydroxylation is 2. The number of hydrogen-bond donors (Lipinski definition) is 2. The van der Waals surface area contributed by atoms with E-state index in [4.69, 9.17) is 27.7 Å². The minimum Gasteiger partial charge on any atom is -0.389 e. The first-order valence-corrected chi connectivity index (χ1v) is 7.82. The zero-order valence-corrected chi connectivity index (χ0v) is 12.5. The second kappa shape index (κ2) is 6.06. The average molecular weight is 291 g/mol. The Bertz CT molecular complexity index is 512. The van der Waals surface area contributed by atoms with Crippen molar-refractivity contribution in [2.45, 2.75) is 44.6 Å². The fourth-order valence-electron chi connectivity index (χ4n) is 2.98. The van der Waals surface area contributed by atoms with Gasteiger partial charge in [-0.3, -0.25) is 0 Å². The Morgan fingerprint density at radius 2 is 2.20 bits per heavy atom. The molecule has 2 aliphatic rings. The van der Waals surface area contributed by atoms with Crippen LogP contribution in [-0.2, 0) is 17.6 Å². The van der Waals surface area contributed by atoms with Crippen LogP contribution < -0.4 is 11.1 Å². The number of anilines is 1. The molecule has 1 aromatic rings. The van der Waals surface area contributed by atoms with Gasteiger partial charge in [0.15, 0.2) is 0 Å². The van der Waals surface area contributed by atoms with Gasteiger partial charge in [0.05, 0.1) is 18.2 Å². The standard InChI is InChI=1S/C15H21N3OS/c16-14(20)12-8-10-4-1-2-6-13(10)18-15(12)17-11-5-3-7-19-9-11/h8,11H,1-7,9H2,(H2,16,20)(H,17,18). The summed E-state index contributed by atoms with van der Waals surface area (Å²) in [7, 11) is 0. The van der Waals surface area contributed by atoms with Gasteiger partial charge in [-0.15, -0.1) is 0 Å². The molecule has 1 saturated heterocycles. The Morgan fingerprint density at radius 1 is 1.35 bits per heavy atom. The molecule has 3 rings (SSSR count). The van der Waals surface area contributed by atoms with E-state index >= 15 is 0 Å². The van der Waals surface area contributed by atoms with Crippen LogP contribution in [-0.4, -0.2) is 29.2 Å². The van der Waals surface area contributed by atoms with Gasteiger partial charge in [-0.1, -0.05) is 12.2 Å². The maximum Gasteiger partial charge on any atom is 0.136 e. The molecule has 3 N–H and O–H groups in total. The van der Waals surface area contributed by atoms with Crippen LogP contribution in [0.4, 0.5) is 5.82 Å². The van der Waals surface area contributed by atoms with Gasteiger partial charge in [0.2, 0.25) is 0 Å². The topological polar surface area (TPSA) is 60.2 Å². The van der Waals surface area contributed by atoms with E-state index in [-0.39, 0.29) is 0 Å². The molecule has 1 atom stereocenters. The van der Waals surface area contributed by atoms with Crippen molar-refractivity contribution < 1.29 is 4.74 Å². The highest BCUT2D eigenvalue weighted by molar-refractivity contribution is 7.80. The number of nitrogens with one attached hydrogen (secondary N) is 1. The Morgan fingerprint density at radius 3 is 2.95 bits per heavy atom. The molecular weight excluding hydrogens is 270 g/mol. The monoisotopic (exact) mass is 291 g/mol. The zero-order valence-electron chi connectivity index (χ0n) is 11.7. The number of ether oxygens (including phenoxy) is 1. The Hall–Kier alpha value is -1.20. The highest BCUT2D eigenvalue weighted by Gasteiger charge is 2.20. The highest BCUT2D eigenvalue weighted by atomic mass is 32.1. The van der Waals surface area contributed by atoms with E-state index in [2.05, 4.69) is 11.4 Å². The van der Waals surface area contributed by atoms with E-state index in [0.717, 1.165) is 50.3 Å². The molecule has 2 heterocycles. The first kappa shape index (κ1) is 13.8. The normalized spacial score (nSPS) is 22.1. The van der Waals surface area contributed by atoms with Gasteiger partial charge in [0.1, 0.15) is 10.8 Å². The van der Waals surface area contributed by atoms with Crippen molar-refractivity contribution >= 4 is 23.0 Å². The maximum atomic E-state index is 5.87. The van der Waals surface area contributed by atoms with Crippen molar-refractivity contribution in [3.63, 3.8) is 0 Å². The number of aromatic nitrogens is 1. The molecule has 108 valence electrons. The number of nitrogens with two attached hydrogens (primary N) is 1. The fraction of sp³-hybridized carbons (Fsp3) is 0.600.